The third kappa shape index (κ3) is 3.40. The summed E-state index contributed by atoms with van der Waals surface area (Å²) in [6.07, 6.45) is 1.95. The highest BCUT2D eigenvalue weighted by atomic mass is 16.7. The number of ether oxygens (including phenoxy) is 2. The third-order valence-corrected chi connectivity index (χ3v) is 5.97. The fourth-order valence-corrected chi connectivity index (χ4v) is 4.22. The van der Waals surface area contributed by atoms with E-state index in [0.717, 1.165) is 42.7 Å². The molecule has 0 unspecified atom stereocenters. The van der Waals surface area contributed by atoms with Gasteiger partial charge in [-0.2, -0.15) is 0 Å². The monoisotopic (exact) mass is 394 g/mol. The second-order valence-corrected chi connectivity index (χ2v) is 7.69. The second-order valence-electron chi connectivity index (χ2n) is 7.69. The third-order valence-electron chi connectivity index (χ3n) is 5.97. The van der Waals surface area contributed by atoms with Crippen LogP contribution in [0, 0.1) is 0 Å². The first kappa shape index (κ1) is 17.9. The van der Waals surface area contributed by atoms with Crippen LogP contribution in [-0.4, -0.2) is 46.8 Å². The Morgan fingerprint density at radius 2 is 1.97 bits per heavy atom. The number of rotatable bonds is 4. The molecule has 1 fully saturated rings. The van der Waals surface area contributed by atoms with Gasteiger partial charge in [0.25, 0.3) is 5.91 Å². The van der Waals surface area contributed by atoms with E-state index in [-0.39, 0.29) is 18.7 Å². The zero-order chi connectivity index (χ0) is 19.8. The summed E-state index contributed by atoms with van der Waals surface area (Å²) in [6, 6.07) is 13.7. The lowest BCUT2D eigenvalue weighted by Gasteiger charge is -2.32. The Morgan fingerprint density at radius 1 is 1.17 bits per heavy atom. The van der Waals surface area contributed by atoms with Crippen LogP contribution in [0.25, 0.3) is 11.0 Å². The number of hydrogen-bond acceptors (Lipinski definition) is 5. The van der Waals surface area contributed by atoms with E-state index < -0.39 is 0 Å². The van der Waals surface area contributed by atoms with Gasteiger partial charge in [-0.3, -0.25) is 4.79 Å². The Hall–Kier alpha value is -3.13. The number of benzene rings is 2. The van der Waals surface area contributed by atoms with Gasteiger partial charge in [0.1, 0.15) is 5.52 Å². The normalized spacial score (nSPS) is 21.8. The molecule has 0 aliphatic carbocycles. The highest BCUT2D eigenvalue weighted by Crippen LogP contribution is 2.34. The van der Waals surface area contributed by atoms with E-state index in [0.29, 0.717) is 17.5 Å². The summed E-state index contributed by atoms with van der Waals surface area (Å²) in [5, 5.41) is 11.6. The van der Waals surface area contributed by atoms with Crippen molar-refractivity contribution in [3.63, 3.8) is 0 Å². The van der Waals surface area contributed by atoms with Gasteiger partial charge >= 0.3 is 0 Å². The van der Waals surface area contributed by atoms with Gasteiger partial charge in [0.05, 0.1) is 24.6 Å². The molecule has 2 aliphatic heterocycles. The van der Waals surface area contributed by atoms with Crippen LogP contribution in [0.4, 0.5) is 5.69 Å². The van der Waals surface area contributed by atoms with Gasteiger partial charge in [-0.1, -0.05) is 17.3 Å². The Morgan fingerprint density at radius 3 is 2.83 bits per heavy atom. The van der Waals surface area contributed by atoms with E-state index in [2.05, 4.69) is 21.7 Å². The molecule has 2 N–H and O–H groups in total. The van der Waals surface area contributed by atoms with Crippen LogP contribution in [0.3, 0.4) is 0 Å². The minimum atomic E-state index is -0.131. The number of aromatic nitrogens is 3. The van der Waals surface area contributed by atoms with E-state index in [1.54, 1.807) is 0 Å². The number of likely N-dealkylation sites (tertiary alicyclic amines) is 1. The van der Waals surface area contributed by atoms with Crippen molar-refractivity contribution in [2.75, 3.05) is 25.2 Å². The average Bonchev–Trinajstić information content (AvgIpc) is 3.40. The molecule has 1 saturated heterocycles. The molecule has 5 rings (SSSR count). The van der Waals surface area contributed by atoms with Gasteiger partial charge in [0.15, 0.2) is 17.5 Å². The topological polar surface area (TPSA) is 82.7 Å². The predicted octanol–water partition coefficient (Wildman–Crippen LogP) is 1.41. The van der Waals surface area contributed by atoms with Crippen molar-refractivity contribution < 1.29 is 19.2 Å². The lowest BCUT2D eigenvalue weighted by Crippen LogP contribution is -3.17. The van der Waals surface area contributed by atoms with Crippen LogP contribution >= 0.6 is 0 Å². The van der Waals surface area contributed by atoms with Crippen LogP contribution < -0.4 is 19.7 Å². The molecule has 1 aromatic heterocycles. The summed E-state index contributed by atoms with van der Waals surface area (Å²) < 4.78 is 12.7. The van der Waals surface area contributed by atoms with Crippen molar-refractivity contribution in [3.05, 3.63) is 42.5 Å². The Bertz CT molecular complexity index is 1040. The molecule has 8 nitrogen and oxygen atoms in total. The predicted molar refractivity (Wildman–Crippen MR) is 107 cm³/mol. The number of quaternary nitrogens is 1. The van der Waals surface area contributed by atoms with Crippen LogP contribution in [-0.2, 0) is 4.79 Å². The zero-order valence-electron chi connectivity index (χ0n) is 16.3. The highest BCUT2D eigenvalue weighted by Gasteiger charge is 2.32. The average molecular weight is 394 g/mol. The summed E-state index contributed by atoms with van der Waals surface area (Å²) in [5.41, 5.74) is 2.74. The number of fused-ring (bicyclic) bond motifs is 2. The van der Waals surface area contributed by atoms with Crippen molar-refractivity contribution in [2.24, 2.45) is 0 Å². The van der Waals surface area contributed by atoms with Crippen LogP contribution in [0.5, 0.6) is 11.5 Å². The Labute approximate surface area is 168 Å². The Balaban J connectivity index is 1.20. The molecule has 0 radical (unpaired) electrons. The number of carbonyl (C=O) groups excluding carboxylic acids is 1. The first-order valence-corrected chi connectivity index (χ1v) is 10.0. The fraction of sp³-hybridized carbons (Fsp3) is 0.381. The van der Waals surface area contributed by atoms with Gasteiger partial charge < -0.3 is 19.7 Å². The van der Waals surface area contributed by atoms with Gasteiger partial charge in [-0.15, -0.1) is 5.10 Å². The molecule has 3 aromatic rings. The van der Waals surface area contributed by atoms with E-state index in [1.807, 2.05) is 48.0 Å². The molecule has 0 spiro atoms. The molecule has 1 atom stereocenters. The number of nitrogens with zero attached hydrogens (tertiary/aromatic N) is 3. The van der Waals surface area contributed by atoms with Crippen LogP contribution in [0.15, 0.2) is 42.5 Å². The van der Waals surface area contributed by atoms with Crippen molar-refractivity contribution in [1.29, 1.82) is 0 Å². The largest absolute Gasteiger partial charge is 0.454 e. The summed E-state index contributed by atoms with van der Waals surface area (Å²) in [6.45, 7) is 4.06. The summed E-state index contributed by atoms with van der Waals surface area (Å²) in [5.74, 6) is 1.40. The highest BCUT2D eigenvalue weighted by molar-refractivity contribution is 5.94. The quantitative estimate of drug-likeness (QED) is 0.699. The smallest absolute Gasteiger partial charge is 0.282 e. The van der Waals surface area contributed by atoms with Crippen molar-refractivity contribution >= 4 is 22.6 Å². The number of piperidine rings is 1. The van der Waals surface area contributed by atoms with Crippen molar-refractivity contribution in [2.45, 2.75) is 31.8 Å². The van der Waals surface area contributed by atoms with Gasteiger partial charge in [0.2, 0.25) is 6.79 Å². The number of anilines is 1. The van der Waals surface area contributed by atoms with Crippen LogP contribution in [0.2, 0.25) is 0 Å². The molecule has 29 heavy (non-hydrogen) atoms. The number of nitrogens with one attached hydrogen (secondary N) is 2. The van der Waals surface area contributed by atoms with Crippen LogP contribution in [0.1, 0.15) is 25.8 Å². The second kappa shape index (κ2) is 7.36. The first-order chi connectivity index (χ1) is 14.2. The molecule has 3 heterocycles. The zero-order valence-corrected chi connectivity index (χ0v) is 16.3. The maximum Gasteiger partial charge on any atom is 0.282 e. The maximum atomic E-state index is 12.8. The molecule has 150 valence electrons. The molecule has 1 amide bonds. The molecule has 2 aromatic carbocycles. The van der Waals surface area contributed by atoms with Gasteiger partial charge in [-0.25, -0.2) is 4.68 Å². The van der Waals surface area contributed by atoms with Crippen molar-refractivity contribution in [1.82, 2.24) is 15.0 Å². The van der Waals surface area contributed by atoms with Gasteiger partial charge in [0, 0.05) is 24.6 Å². The molecular weight excluding hydrogens is 370 g/mol. The molecule has 0 saturated carbocycles. The van der Waals surface area contributed by atoms with Crippen molar-refractivity contribution in [3.8, 4) is 11.5 Å². The molecule has 2 aliphatic rings. The summed E-state index contributed by atoms with van der Waals surface area (Å²) >= 11 is 0. The Kier molecular flexibility index (Phi) is 4.55. The fourth-order valence-electron chi connectivity index (χ4n) is 4.22. The summed E-state index contributed by atoms with van der Waals surface area (Å²) in [4.78, 5) is 14.1. The number of hydrogen-bond donors (Lipinski definition) is 2. The minimum Gasteiger partial charge on any atom is -0.454 e. The lowest BCUT2D eigenvalue weighted by molar-refractivity contribution is -0.919. The van der Waals surface area contributed by atoms with E-state index in [1.165, 1.54) is 4.90 Å². The van der Waals surface area contributed by atoms with E-state index >= 15 is 0 Å². The minimum absolute atomic E-state index is 0.0171. The maximum absolute atomic E-state index is 12.8. The standard InChI is InChI=1S/C21H23N5O3/c1-14(21(27)22-15-6-7-19-20(12-15)29-13-28-19)25-10-8-16(9-11-25)26-18-5-3-2-4-17(18)23-24-26/h2-7,12,14,16H,8-11,13H2,1H3,(H,22,27)/p+1/t14-/m0/s1. The number of carbonyl (C=O) groups is 1. The van der Waals surface area contributed by atoms with E-state index in [9.17, 15) is 4.79 Å². The molecule has 0 bridgehead atoms. The van der Waals surface area contributed by atoms with E-state index in [4.69, 9.17) is 9.47 Å². The molecular formula is C21H24N5O3+. The van der Waals surface area contributed by atoms with Gasteiger partial charge in [-0.05, 0) is 31.2 Å². The lowest BCUT2D eigenvalue weighted by atomic mass is 10.0. The summed E-state index contributed by atoms with van der Waals surface area (Å²) in [7, 11) is 0. The number of amides is 1. The SMILES string of the molecule is C[C@@H](C(=O)Nc1ccc2c(c1)OCO2)[NH+]1CCC(n2nnc3ccccc32)CC1. The molecule has 8 heteroatoms. The first-order valence-electron chi connectivity index (χ1n) is 10.0. The number of para-hydroxylation sites is 1.